The molecule has 10 atom stereocenters. The third-order valence-corrected chi connectivity index (χ3v) is 11.9. The van der Waals surface area contributed by atoms with Crippen LogP contribution in [0.5, 0.6) is 0 Å². The number of esters is 2. The van der Waals surface area contributed by atoms with Crippen molar-refractivity contribution in [3.8, 4) is 0 Å². The van der Waals surface area contributed by atoms with Crippen LogP contribution in [0.1, 0.15) is 132 Å². The number of carbonyl (C=O) groups excluding carboxylic acids is 2. The van der Waals surface area contributed by atoms with Gasteiger partial charge in [0.05, 0.1) is 0 Å². The van der Waals surface area contributed by atoms with Gasteiger partial charge in [-0.2, -0.15) is 0 Å². The summed E-state index contributed by atoms with van der Waals surface area (Å²) in [5, 5.41) is 0. The van der Waals surface area contributed by atoms with Gasteiger partial charge in [-0.3, -0.25) is 9.59 Å². The zero-order valence-corrected chi connectivity index (χ0v) is 25.0. The SMILES string of the molecule is CCCC(=O)O[C@@H]1C[C@@H]2[C@H](CC[C@]3(C)[C@@H]([C@H](C)CCCC(C)C)CC[C@@H]23)[C@@]2(C)CC[C@H](OC(C)=O)C[C@H]12. The topological polar surface area (TPSA) is 52.6 Å². The summed E-state index contributed by atoms with van der Waals surface area (Å²) in [5.74, 6) is 4.60. The molecule has 0 heterocycles. The average Bonchev–Trinajstić information content (AvgIpc) is 3.17. The van der Waals surface area contributed by atoms with Gasteiger partial charge < -0.3 is 9.47 Å². The lowest BCUT2D eigenvalue weighted by molar-refractivity contribution is -0.198. The second-order valence-electron chi connectivity index (χ2n) is 14.5. The van der Waals surface area contributed by atoms with Gasteiger partial charge in [-0.25, -0.2) is 0 Å². The molecule has 4 fully saturated rings. The molecule has 4 heteroatoms. The fourth-order valence-electron chi connectivity index (χ4n) is 10.2. The van der Waals surface area contributed by atoms with E-state index >= 15 is 0 Å². The van der Waals surface area contributed by atoms with E-state index in [2.05, 4.69) is 34.6 Å². The van der Waals surface area contributed by atoms with E-state index in [1.165, 1.54) is 51.9 Å². The molecule has 37 heavy (non-hydrogen) atoms. The highest BCUT2D eigenvalue weighted by Crippen LogP contribution is 2.68. The highest BCUT2D eigenvalue weighted by Gasteiger charge is 2.63. The van der Waals surface area contributed by atoms with Gasteiger partial charge in [0.2, 0.25) is 0 Å². The van der Waals surface area contributed by atoms with E-state index in [-0.39, 0.29) is 29.6 Å². The predicted molar refractivity (Wildman–Crippen MR) is 149 cm³/mol. The molecule has 0 saturated heterocycles. The molecule has 0 N–H and O–H groups in total. The Hall–Kier alpha value is -1.06. The first-order chi connectivity index (χ1) is 17.5. The number of fused-ring (bicyclic) bond motifs is 5. The highest BCUT2D eigenvalue weighted by atomic mass is 16.5. The summed E-state index contributed by atoms with van der Waals surface area (Å²) >= 11 is 0. The quantitative estimate of drug-likeness (QED) is 0.289. The van der Waals surface area contributed by atoms with E-state index in [1.807, 2.05) is 6.92 Å². The van der Waals surface area contributed by atoms with Gasteiger partial charge in [-0.15, -0.1) is 0 Å². The Kier molecular flexibility index (Phi) is 9.06. The van der Waals surface area contributed by atoms with E-state index in [1.54, 1.807) is 0 Å². The average molecular weight is 517 g/mol. The zero-order valence-electron chi connectivity index (χ0n) is 25.0. The van der Waals surface area contributed by atoms with Crippen molar-refractivity contribution in [1.29, 1.82) is 0 Å². The van der Waals surface area contributed by atoms with Crippen LogP contribution in [-0.2, 0) is 19.1 Å². The van der Waals surface area contributed by atoms with Crippen molar-refractivity contribution >= 4 is 11.9 Å². The Morgan fingerprint density at radius 3 is 2.24 bits per heavy atom. The third-order valence-electron chi connectivity index (χ3n) is 11.9. The van der Waals surface area contributed by atoms with Crippen LogP contribution < -0.4 is 0 Å². The van der Waals surface area contributed by atoms with Crippen molar-refractivity contribution in [2.45, 2.75) is 144 Å². The molecule has 0 unspecified atom stereocenters. The van der Waals surface area contributed by atoms with Gasteiger partial charge in [0.25, 0.3) is 0 Å². The Balaban J connectivity index is 1.55. The van der Waals surface area contributed by atoms with E-state index < -0.39 is 0 Å². The molecule has 0 radical (unpaired) electrons. The predicted octanol–water partition coefficient (Wildman–Crippen LogP) is 8.36. The van der Waals surface area contributed by atoms with Crippen LogP contribution in [0.3, 0.4) is 0 Å². The number of hydrogen-bond acceptors (Lipinski definition) is 4. The molecule has 0 aromatic carbocycles. The molecule has 4 aliphatic carbocycles. The minimum atomic E-state index is -0.185. The fraction of sp³-hybridized carbons (Fsp3) is 0.939. The molecular formula is C33H56O4. The summed E-state index contributed by atoms with van der Waals surface area (Å²) in [4.78, 5) is 24.5. The van der Waals surface area contributed by atoms with Gasteiger partial charge in [0.15, 0.2) is 0 Å². The summed E-state index contributed by atoms with van der Waals surface area (Å²) < 4.78 is 12.0. The van der Waals surface area contributed by atoms with Crippen molar-refractivity contribution in [2.75, 3.05) is 0 Å². The van der Waals surface area contributed by atoms with Crippen LogP contribution in [0.15, 0.2) is 0 Å². The monoisotopic (exact) mass is 516 g/mol. The van der Waals surface area contributed by atoms with Crippen molar-refractivity contribution < 1.29 is 19.1 Å². The first-order valence-electron chi connectivity index (χ1n) is 15.9. The van der Waals surface area contributed by atoms with Gasteiger partial charge >= 0.3 is 11.9 Å². The van der Waals surface area contributed by atoms with Gasteiger partial charge in [-0.05, 0) is 104 Å². The van der Waals surface area contributed by atoms with Crippen LogP contribution >= 0.6 is 0 Å². The Morgan fingerprint density at radius 1 is 0.865 bits per heavy atom. The van der Waals surface area contributed by atoms with E-state index in [0.717, 1.165) is 55.8 Å². The molecule has 0 bridgehead atoms. The maximum absolute atomic E-state index is 12.8. The van der Waals surface area contributed by atoms with E-state index in [0.29, 0.717) is 29.6 Å². The minimum Gasteiger partial charge on any atom is -0.463 e. The lowest BCUT2D eigenvalue weighted by Crippen LogP contribution is -2.59. The number of rotatable bonds is 9. The van der Waals surface area contributed by atoms with E-state index in [4.69, 9.17) is 9.47 Å². The lowest BCUT2D eigenvalue weighted by atomic mass is 9.43. The third kappa shape index (κ3) is 5.79. The smallest absolute Gasteiger partial charge is 0.306 e. The summed E-state index contributed by atoms with van der Waals surface area (Å²) in [5.41, 5.74) is 0.591. The molecule has 0 aromatic rings. The van der Waals surface area contributed by atoms with Gasteiger partial charge in [0, 0.05) is 19.3 Å². The maximum atomic E-state index is 12.8. The lowest BCUT2D eigenvalue weighted by Gasteiger charge is -2.62. The van der Waals surface area contributed by atoms with Gasteiger partial charge in [-0.1, -0.05) is 60.8 Å². The standard InChI is InChI=1S/C33H56O4/c1-8-10-31(35)37-30-20-25-27-14-13-26(22(4)12-9-11-21(2)3)32(27,6)18-16-28(25)33(7)17-15-24(19-29(30)33)36-23(5)34/h21-22,24-30H,8-20H2,1-7H3/t22-,24+,25+,26-,27+,28+,29-,30-,32-,33-/m1/s1. The molecule has 4 saturated carbocycles. The fourth-order valence-corrected chi connectivity index (χ4v) is 10.2. The largest absolute Gasteiger partial charge is 0.463 e. The maximum Gasteiger partial charge on any atom is 0.306 e. The van der Waals surface area contributed by atoms with Crippen LogP contribution in [0, 0.1) is 52.3 Å². The molecule has 0 amide bonds. The molecule has 0 spiro atoms. The molecule has 0 aromatic heterocycles. The molecule has 4 aliphatic rings. The molecule has 0 aliphatic heterocycles. The number of ether oxygens (including phenoxy) is 2. The van der Waals surface area contributed by atoms with Crippen LogP contribution in [0.25, 0.3) is 0 Å². The van der Waals surface area contributed by atoms with Crippen LogP contribution in [0.4, 0.5) is 0 Å². The second-order valence-corrected chi connectivity index (χ2v) is 14.5. The normalized spacial score (nSPS) is 41.9. The van der Waals surface area contributed by atoms with Gasteiger partial charge in [0.1, 0.15) is 12.2 Å². The second kappa shape index (κ2) is 11.6. The van der Waals surface area contributed by atoms with Crippen molar-refractivity contribution in [3.63, 3.8) is 0 Å². The Labute approximate surface area is 227 Å². The summed E-state index contributed by atoms with van der Waals surface area (Å²) in [6.07, 6.45) is 14.6. The molecule has 212 valence electrons. The molecular weight excluding hydrogens is 460 g/mol. The molecule has 4 rings (SSSR count). The first-order valence-corrected chi connectivity index (χ1v) is 15.9. The number of carbonyl (C=O) groups is 2. The van der Waals surface area contributed by atoms with Crippen molar-refractivity contribution in [1.82, 2.24) is 0 Å². The number of hydrogen-bond donors (Lipinski definition) is 0. The van der Waals surface area contributed by atoms with Crippen molar-refractivity contribution in [2.24, 2.45) is 52.3 Å². The Morgan fingerprint density at radius 2 is 1.57 bits per heavy atom. The van der Waals surface area contributed by atoms with E-state index in [9.17, 15) is 9.59 Å². The summed E-state index contributed by atoms with van der Waals surface area (Å²) in [6, 6.07) is 0. The summed E-state index contributed by atoms with van der Waals surface area (Å²) in [6.45, 7) is 15.9. The van der Waals surface area contributed by atoms with Crippen LogP contribution in [-0.4, -0.2) is 24.1 Å². The summed E-state index contributed by atoms with van der Waals surface area (Å²) in [7, 11) is 0. The highest BCUT2D eigenvalue weighted by molar-refractivity contribution is 5.69. The minimum absolute atomic E-state index is 0.0316. The van der Waals surface area contributed by atoms with Crippen LogP contribution in [0.2, 0.25) is 0 Å². The first kappa shape index (κ1) is 28.9. The zero-order chi connectivity index (χ0) is 27.0. The Bertz CT molecular complexity index is 806. The molecule has 4 nitrogen and oxygen atoms in total. The van der Waals surface area contributed by atoms with Crippen molar-refractivity contribution in [3.05, 3.63) is 0 Å².